The van der Waals surface area contributed by atoms with Crippen molar-refractivity contribution in [2.75, 3.05) is 26.2 Å². The molecule has 1 fully saturated rings. The van der Waals surface area contributed by atoms with E-state index in [4.69, 9.17) is 0 Å². The molecule has 1 aromatic carbocycles. The Bertz CT molecular complexity index is 545. The third-order valence-electron chi connectivity index (χ3n) is 4.44. The van der Waals surface area contributed by atoms with Gasteiger partial charge < -0.3 is 5.32 Å². The summed E-state index contributed by atoms with van der Waals surface area (Å²) in [5, 5.41) is 2.80. The van der Waals surface area contributed by atoms with Crippen LogP contribution in [0.1, 0.15) is 37.3 Å². The SMILES string of the molecule is CCNC(=O)CN1CCCC(CCc2cccc(C(F)(F)F)c2)C1. The zero-order chi connectivity index (χ0) is 17.6. The number of carbonyl (C=O) groups excluding carboxylic acids is 1. The molecule has 1 atom stereocenters. The van der Waals surface area contributed by atoms with Crippen molar-refractivity contribution in [3.05, 3.63) is 35.4 Å². The Balaban J connectivity index is 1.84. The number of nitrogens with zero attached hydrogens (tertiary/aromatic N) is 1. The molecule has 1 aliphatic heterocycles. The molecule has 1 heterocycles. The van der Waals surface area contributed by atoms with Crippen molar-refractivity contribution in [1.29, 1.82) is 0 Å². The van der Waals surface area contributed by atoms with Gasteiger partial charge in [-0.25, -0.2) is 0 Å². The number of carbonyl (C=O) groups is 1. The van der Waals surface area contributed by atoms with Crippen LogP contribution in [0.3, 0.4) is 0 Å². The van der Waals surface area contributed by atoms with Gasteiger partial charge in [0.1, 0.15) is 0 Å². The Morgan fingerprint density at radius 3 is 2.88 bits per heavy atom. The summed E-state index contributed by atoms with van der Waals surface area (Å²) in [7, 11) is 0. The second kappa shape index (κ2) is 8.51. The van der Waals surface area contributed by atoms with E-state index in [1.165, 1.54) is 12.1 Å². The number of halogens is 3. The van der Waals surface area contributed by atoms with Crippen LogP contribution >= 0.6 is 0 Å². The van der Waals surface area contributed by atoms with Gasteiger partial charge in [-0.15, -0.1) is 0 Å². The fourth-order valence-corrected chi connectivity index (χ4v) is 3.26. The van der Waals surface area contributed by atoms with Crippen LogP contribution in [0.4, 0.5) is 13.2 Å². The number of likely N-dealkylation sites (N-methyl/N-ethyl adjacent to an activating group) is 1. The molecular weight excluding hydrogens is 317 g/mol. The Hall–Kier alpha value is -1.56. The quantitative estimate of drug-likeness (QED) is 0.858. The molecular formula is C18H25F3N2O. The number of nitrogens with one attached hydrogen (secondary N) is 1. The van der Waals surface area contributed by atoms with Gasteiger partial charge in [-0.05, 0) is 56.7 Å². The van der Waals surface area contributed by atoms with Crippen molar-refractivity contribution in [3.8, 4) is 0 Å². The molecule has 1 aliphatic rings. The first kappa shape index (κ1) is 18.8. The maximum absolute atomic E-state index is 12.8. The smallest absolute Gasteiger partial charge is 0.355 e. The highest BCUT2D eigenvalue weighted by Crippen LogP contribution is 2.30. The molecule has 0 radical (unpaired) electrons. The maximum Gasteiger partial charge on any atom is 0.416 e. The average molecular weight is 342 g/mol. The van der Waals surface area contributed by atoms with Crippen molar-refractivity contribution in [2.24, 2.45) is 5.92 Å². The summed E-state index contributed by atoms with van der Waals surface area (Å²) in [6.45, 7) is 4.69. The van der Waals surface area contributed by atoms with Crippen molar-refractivity contribution >= 4 is 5.91 Å². The normalized spacial score (nSPS) is 19.2. The number of piperidine rings is 1. The van der Waals surface area contributed by atoms with Crippen LogP contribution in [-0.4, -0.2) is 37.0 Å². The van der Waals surface area contributed by atoms with Gasteiger partial charge in [0.05, 0.1) is 12.1 Å². The fourth-order valence-electron chi connectivity index (χ4n) is 3.26. The van der Waals surface area contributed by atoms with Crippen molar-refractivity contribution in [1.82, 2.24) is 10.2 Å². The molecule has 1 aromatic rings. The topological polar surface area (TPSA) is 32.3 Å². The van der Waals surface area contributed by atoms with Crippen LogP contribution in [0, 0.1) is 5.92 Å². The maximum atomic E-state index is 12.8. The zero-order valence-corrected chi connectivity index (χ0v) is 14.0. The first-order valence-electron chi connectivity index (χ1n) is 8.53. The monoisotopic (exact) mass is 342 g/mol. The predicted molar refractivity (Wildman–Crippen MR) is 87.6 cm³/mol. The summed E-state index contributed by atoms with van der Waals surface area (Å²) in [5.41, 5.74) is 0.146. The fraction of sp³-hybridized carbons (Fsp3) is 0.611. The van der Waals surface area contributed by atoms with E-state index >= 15 is 0 Å². The van der Waals surface area contributed by atoms with Crippen LogP contribution in [0.5, 0.6) is 0 Å². The average Bonchev–Trinajstić information content (AvgIpc) is 2.53. The lowest BCUT2D eigenvalue weighted by atomic mass is 9.91. The Labute approximate surface area is 141 Å². The van der Waals surface area contributed by atoms with Gasteiger partial charge in [-0.2, -0.15) is 13.2 Å². The number of hydrogen-bond acceptors (Lipinski definition) is 2. The van der Waals surface area contributed by atoms with E-state index in [1.807, 2.05) is 6.92 Å². The highest BCUT2D eigenvalue weighted by Gasteiger charge is 2.30. The third kappa shape index (κ3) is 5.82. The van der Waals surface area contributed by atoms with E-state index in [2.05, 4.69) is 10.2 Å². The first-order chi connectivity index (χ1) is 11.4. The second-order valence-corrected chi connectivity index (χ2v) is 6.43. The number of likely N-dealkylation sites (tertiary alicyclic amines) is 1. The molecule has 0 aliphatic carbocycles. The van der Waals surface area contributed by atoms with E-state index in [9.17, 15) is 18.0 Å². The molecule has 1 saturated heterocycles. The van der Waals surface area contributed by atoms with Gasteiger partial charge in [-0.3, -0.25) is 9.69 Å². The molecule has 0 saturated carbocycles. The molecule has 24 heavy (non-hydrogen) atoms. The van der Waals surface area contributed by atoms with Crippen LogP contribution in [0.15, 0.2) is 24.3 Å². The van der Waals surface area contributed by atoms with Crippen LogP contribution in [0.25, 0.3) is 0 Å². The summed E-state index contributed by atoms with van der Waals surface area (Å²) >= 11 is 0. The molecule has 0 bridgehead atoms. The molecule has 0 spiro atoms. The lowest BCUT2D eigenvalue weighted by Crippen LogP contribution is -2.42. The Kier molecular flexibility index (Phi) is 6.66. The van der Waals surface area contributed by atoms with E-state index in [-0.39, 0.29) is 5.91 Å². The zero-order valence-electron chi connectivity index (χ0n) is 14.0. The lowest BCUT2D eigenvalue weighted by molar-refractivity contribution is -0.137. The largest absolute Gasteiger partial charge is 0.416 e. The van der Waals surface area contributed by atoms with Crippen LogP contribution in [-0.2, 0) is 17.4 Å². The lowest BCUT2D eigenvalue weighted by Gasteiger charge is -2.32. The molecule has 2 rings (SSSR count). The molecule has 134 valence electrons. The van der Waals surface area contributed by atoms with Gasteiger partial charge in [0, 0.05) is 13.1 Å². The van der Waals surface area contributed by atoms with Gasteiger partial charge in [0.25, 0.3) is 0 Å². The van der Waals surface area contributed by atoms with Crippen molar-refractivity contribution in [2.45, 2.75) is 38.8 Å². The Morgan fingerprint density at radius 2 is 2.17 bits per heavy atom. The van der Waals surface area contributed by atoms with Crippen molar-refractivity contribution < 1.29 is 18.0 Å². The molecule has 0 aromatic heterocycles. The second-order valence-electron chi connectivity index (χ2n) is 6.43. The Morgan fingerprint density at radius 1 is 1.38 bits per heavy atom. The van der Waals surface area contributed by atoms with Gasteiger partial charge >= 0.3 is 6.18 Å². The number of hydrogen-bond donors (Lipinski definition) is 1. The van der Waals surface area contributed by atoms with Gasteiger partial charge in [0.15, 0.2) is 0 Å². The molecule has 1 unspecified atom stereocenters. The summed E-state index contributed by atoms with van der Waals surface area (Å²) in [5.74, 6) is 0.471. The standard InChI is InChI=1S/C18H25F3N2O/c1-2-22-17(24)13-23-10-4-6-15(12-23)9-8-14-5-3-7-16(11-14)18(19,20)21/h3,5,7,11,15H,2,4,6,8-10,12-13H2,1H3,(H,22,24). The molecule has 3 nitrogen and oxygen atoms in total. The summed E-state index contributed by atoms with van der Waals surface area (Å²) in [4.78, 5) is 13.8. The number of amides is 1. The van der Waals surface area contributed by atoms with E-state index in [0.717, 1.165) is 44.0 Å². The van der Waals surface area contributed by atoms with Crippen LogP contribution in [0.2, 0.25) is 0 Å². The molecule has 1 N–H and O–H groups in total. The van der Waals surface area contributed by atoms with Crippen LogP contribution < -0.4 is 5.32 Å². The minimum absolute atomic E-state index is 0.0380. The van der Waals surface area contributed by atoms with Gasteiger partial charge in [0.2, 0.25) is 5.91 Å². The minimum atomic E-state index is -4.29. The highest BCUT2D eigenvalue weighted by atomic mass is 19.4. The molecule has 6 heteroatoms. The molecule has 1 amide bonds. The summed E-state index contributed by atoms with van der Waals surface area (Å²) in [6.07, 6.45) is -0.682. The van der Waals surface area contributed by atoms with E-state index in [0.29, 0.717) is 25.4 Å². The number of alkyl halides is 3. The highest BCUT2D eigenvalue weighted by molar-refractivity contribution is 5.77. The number of benzene rings is 1. The van der Waals surface area contributed by atoms with Gasteiger partial charge in [-0.1, -0.05) is 18.2 Å². The van der Waals surface area contributed by atoms with E-state index in [1.54, 1.807) is 6.07 Å². The van der Waals surface area contributed by atoms with Crippen molar-refractivity contribution in [3.63, 3.8) is 0 Å². The summed E-state index contributed by atoms with van der Waals surface area (Å²) < 4.78 is 38.3. The predicted octanol–water partition coefficient (Wildman–Crippen LogP) is 3.49. The number of aryl methyl sites for hydroxylation is 1. The third-order valence-corrected chi connectivity index (χ3v) is 4.44. The number of rotatable bonds is 6. The first-order valence-corrected chi connectivity index (χ1v) is 8.53. The summed E-state index contributed by atoms with van der Waals surface area (Å²) in [6, 6.07) is 5.58. The minimum Gasteiger partial charge on any atom is -0.355 e. The van der Waals surface area contributed by atoms with E-state index < -0.39 is 11.7 Å².